The van der Waals surface area contributed by atoms with Crippen molar-refractivity contribution in [1.29, 1.82) is 0 Å². The molecule has 0 N–H and O–H groups in total. The summed E-state index contributed by atoms with van der Waals surface area (Å²) >= 11 is 1.33. The molecule has 3 rings (SSSR count). The van der Waals surface area contributed by atoms with Gasteiger partial charge in [-0.15, -0.1) is 0 Å². The summed E-state index contributed by atoms with van der Waals surface area (Å²) in [5.74, 6) is -0.273. The van der Waals surface area contributed by atoms with Crippen molar-refractivity contribution >= 4 is 34.6 Å². The number of rotatable bonds is 2. The molecule has 1 aromatic rings. The molecule has 0 aliphatic carbocycles. The number of amides is 1. The van der Waals surface area contributed by atoms with Crippen LogP contribution in [0, 0.1) is 10.1 Å². The molecular weight excluding hydrogens is 306 g/mol. The van der Waals surface area contributed by atoms with Crippen LogP contribution < -0.4 is 0 Å². The number of hydrogen-bond donors (Lipinski definition) is 0. The topological polar surface area (TPSA) is 85.0 Å². The van der Waals surface area contributed by atoms with Gasteiger partial charge in [0.1, 0.15) is 0 Å². The lowest BCUT2D eigenvalue weighted by Gasteiger charge is -2.27. The maximum Gasteiger partial charge on any atom is 0.286 e. The van der Waals surface area contributed by atoms with Crippen molar-refractivity contribution in [2.45, 2.75) is 0 Å². The second-order valence-corrected chi connectivity index (χ2v) is 5.77. The molecule has 22 heavy (non-hydrogen) atoms. The number of aliphatic imine (C=N–C) groups is 1. The van der Waals surface area contributed by atoms with Crippen LogP contribution in [0.3, 0.4) is 0 Å². The van der Waals surface area contributed by atoms with Gasteiger partial charge in [0, 0.05) is 25.2 Å². The molecule has 0 atom stereocenters. The maximum absolute atomic E-state index is 12.0. The number of thioether (sulfide) groups is 1. The summed E-state index contributed by atoms with van der Waals surface area (Å²) in [6, 6.07) is 6.07. The van der Waals surface area contributed by atoms with Crippen LogP contribution in [0.1, 0.15) is 5.56 Å². The quantitative estimate of drug-likeness (QED) is 0.470. The zero-order valence-electron chi connectivity index (χ0n) is 11.6. The first-order chi connectivity index (χ1) is 10.6. The van der Waals surface area contributed by atoms with Crippen LogP contribution in [0.15, 0.2) is 34.2 Å². The standard InChI is InChI=1S/C14H13N3O4S/c18-13-12(9-10-1-3-11(4-2-10)17(19)20)22-14(15-13)16-5-7-21-8-6-16/h1-4,9H,5-8H2. The zero-order valence-corrected chi connectivity index (χ0v) is 12.4. The van der Waals surface area contributed by atoms with Crippen LogP contribution in [0.5, 0.6) is 0 Å². The van der Waals surface area contributed by atoms with Crippen molar-refractivity contribution in [3.63, 3.8) is 0 Å². The van der Waals surface area contributed by atoms with E-state index in [1.165, 1.54) is 23.9 Å². The largest absolute Gasteiger partial charge is 0.378 e. The van der Waals surface area contributed by atoms with E-state index in [1.54, 1.807) is 18.2 Å². The molecule has 0 spiro atoms. The molecule has 8 heteroatoms. The highest BCUT2D eigenvalue weighted by Crippen LogP contribution is 2.30. The first-order valence-electron chi connectivity index (χ1n) is 6.73. The summed E-state index contributed by atoms with van der Waals surface area (Å²) < 4.78 is 5.28. The molecule has 1 fully saturated rings. The van der Waals surface area contributed by atoms with Crippen molar-refractivity contribution in [2.24, 2.45) is 4.99 Å². The second kappa shape index (κ2) is 6.29. The first kappa shape index (κ1) is 14.7. The third-order valence-corrected chi connectivity index (χ3v) is 4.34. The van der Waals surface area contributed by atoms with E-state index in [9.17, 15) is 14.9 Å². The molecule has 0 aromatic heterocycles. The first-order valence-corrected chi connectivity index (χ1v) is 7.55. The number of hydrogen-bond acceptors (Lipinski definition) is 6. The van der Waals surface area contributed by atoms with Crippen molar-refractivity contribution < 1.29 is 14.5 Å². The minimum atomic E-state index is -0.452. The highest BCUT2D eigenvalue weighted by atomic mass is 32.2. The lowest BCUT2D eigenvalue weighted by Crippen LogP contribution is -2.38. The molecule has 0 saturated carbocycles. The number of morpholine rings is 1. The van der Waals surface area contributed by atoms with E-state index >= 15 is 0 Å². The normalized spacial score (nSPS) is 20.4. The Kier molecular flexibility index (Phi) is 4.21. The summed E-state index contributed by atoms with van der Waals surface area (Å²) in [7, 11) is 0. The third-order valence-electron chi connectivity index (χ3n) is 3.29. The van der Waals surface area contributed by atoms with Gasteiger partial charge in [-0.25, -0.2) is 0 Å². The Morgan fingerprint density at radius 2 is 1.95 bits per heavy atom. The number of nitro benzene ring substituents is 1. The van der Waals surface area contributed by atoms with Crippen molar-refractivity contribution in [3.8, 4) is 0 Å². The number of nitro groups is 1. The fraction of sp³-hybridized carbons (Fsp3) is 0.286. The molecule has 2 aliphatic heterocycles. The number of benzene rings is 1. The minimum Gasteiger partial charge on any atom is -0.378 e. The van der Waals surface area contributed by atoms with E-state index in [1.807, 2.05) is 4.90 Å². The van der Waals surface area contributed by atoms with Crippen LogP contribution in [0.4, 0.5) is 5.69 Å². The Bertz CT molecular complexity index is 663. The van der Waals surface area contributed by atoms with E-state index in [4.69, 9.17) is 4.74 Å². The molecule has 114 valence electrons. The molecule has 1 aromatic carbocycles. The van der Waals surface area contributed by atoms with Gasteiger partial charge in [-0.2, -0.15) is 4.99 Å². The van der Waals surface area contributed by atoms with Crippen molar-refractivity contribution in [1.82, 2.24) is 4.90 Å². The summed E-state index contributed by atoms with van der Waals surface area (Å²) in [5.41, 5.74) is 0.762. The van der Waals surface area contributed by atoms with E-state index in [2.05, 4.69) is 4.99 Å². The molecule has 1 saturated heterocycles. The summed E-state index contributed by atoms with van der Waals surface area (Å²) in [6.45, 7) is 2.72. The molecule has 0 unspecified atom stereocenters. The van der Waals surface area contributed by atoms with Gasteiger partial charge in [-0.1, -0.05) is 0 Å². The van der Waals surface area contributed by atoms with Gasteiger partial charge in [-0.05, 0) is 35.5 Å². The van der Waals surface area contributed by atoms with Crippen LogP contribution in [-0.2, 0) is 9.53 Å². The molecule has 1 amide bonds. The number of carbonyl (C=O) groups excluding carboxylic acids is 1. The molecule has 2 heterocycles. The van der Waals surface area contributed by atoms with E-state index in [0.717, 1.165) is 18.7 Å². The number of carbonyl (C=O) groups is 1. The van der Waals surface area contributed by atoms with Crippen molar-refractivity contribution in [2.75, 3.05) is 26.3 Å². The SMILES string of the molecule is O=C1N=C(N2CCOCC2)SC1=Cc1ccc([N+](=O)[O-])cc1. The van der Waals surface area contributed by atoms with Gasteiger partial charge < -0.3 is 9.64 Å². The van der Waals surface area contributed by atoms with Gasteiger partial charge >= 0.3 is 0 Å². The van der Waals surface area contributed by atoms with Gasteiger partial charge in [-0.3, -0.25) is 14.9 Å². The van der Waals surface area contributed by atoms with Gasteiger partial charge in [0.15, 0.2) is 5.17 Å². The number of non-ortho nitro benzene ring substituents is 1. The Labute approximate surface area is 130 Å². The molecule has 7 nitrogen and oxygen atoms in total. The summed E-state index contributed by atoms with van der Waals surface area (Å²) in [6.07, 6.45) is 1.70. The molecule has 0 bridgehead atoms. The predicted octanol–water partition coefficient (Wildman–Crippen LogP) is 1.90. The molecule has 2 aliphatic rings. The molecule has 0 radical (unpaired) electrons. The Morgan fingerprint density at radius 1 is 1.27 bits per heavy atom. The van der Waals surface area contributed by atoms with Crippen LogP contribution in [-0.4, -0.2) is 47.2 Å². The van der Waals surface area contributed by atoms with E-state index in [0.29, 0.717) is 23.3 Å². The van der Waals surface area contributed by atoms with Crippen LogP contribution >= 0.6 is 11.8 Å². The lowest BCUT2D eigenvalue weighted by molar-refractivity contribution is -0.384. The van der Waals surface area contributed by atoms with Crippen LogP contribution in [0.2, 0.25) is 0 Å². The maximum atomic E-state index is 12.0. The fourth-order valence-electron chi connectivity index (χ4n) is 2.13. The average molecular weight is 319 g/mol. The van der Waals surface area contributed by atoms with E-state index < -0.39 is 4.92 Å². The van der Waals surface area contributed by atoms with Gasteiger partial charge in [0.2, 0.25) is 0 Å². The number of ether oxygens (including phenoxy) is 1. The Morgan fingerprint density at radius 3 is 2.59 bits per heavy atom. The molecular formula is C14H13N3O4S. The second-order valence-electron chi connectivity index (χ2n) is 4.76. The van der Waals surface area contributed by atoms with Crippen molar-refractivity contribution in [3.05, 3.63) is 44.8 Å². The zero-order chi connectivity index (χ0) is 15.5. The van der Waals surface area contributed by atoms with Gasteiger partial charge in [0.25, 0.3) is 11.6 Å². The van der Waals surface area contributed by atoms with E-state index in [-0.39, 0.29) is 11.6 Å². The van der Waals surface area contributed by atoms with Gasteiger partial charge in [0.05, 0.1) is 23.0 Å². The summed E-state index contributed by atoms with van der Waals surface area (Å²) in [4.78, 5) is 28.8. The monoisotopic (exact) mass is 319 g/mol. The average Bonchev–Trinajstić information content (AvgIpc) is 2.90. The number of amidine groups is 1. The minimum absolute atomic E-state index is 0.0257. The smallest absolute Gasteiger partial charge is 0.286 e. The lowest BCUT2D eigenvalue weighted by atomic mass is 10.2. The Hall–Kier alpha value is -2.19. The predicted molar refractivity (Wildman–Crippen MR) is 83.5 cm³/mol. The fourth-order valence-corrected chi connectivity index (χ4v) is 3.10. The number of nitrogens with zero attached hydrogens (tertiary/aromatic N) is 3. The highest BCUT2D eigenvalue weighted by Gasteiger charge is 2.27. The third kappa shape index (κ3) is 3.18. The van der Waals surface area contributed by atoms with Crippen LogP contribution in [0.25, 0.3) is 6.08 Å². The summed E-state index contributed by atoms with van der Waals surface area (Å²) in [5, 5.41) is 11.3. The highest BCUT2D eigenvalue weighted by molar-refractivity contribution is 8.18. The Balaban J connectivity index is 1.73.